The molecule has 3 heteroatoms. The first kappa shape index (κ1) is 12.6. The molecule has 0 radical (unpaired) electrons. The van der Waals surface area contributed by atoms with E-state index in [2.05, 4.69) is 25.1 Å². The van der Waals surface area contributed by atoms with E-state index >= 15 is 0 Å². The van der Waals surface area contributed by atoms with Gasteiger partial charge in [0.15, 0.2) is 0 Å². The number of nitrogens with two attached hydrogens (primary N) is 1. The van der Waals surface area contributed by atoms with Crippen LogP contribution in [0.4, 0.5) is 0 Å². The van der Waals surface area contributed by atoms with Crippen molar-refractivity contribution in [1.82, 2.24) is 9.78 Å². The van der Waals surface area contributed by atoms with Gasteiger partial charge in [0.25, 0.3) is 0 Å². The van der Waals surface area contributed by atoms with Gasteiger partial charge < -0.3 is 5.73 Å². The summed E-state index contributed by atoms with van der Waals surface area (Å²) in [6, 6.07) is 0. The van der Waals surface area contributed by atoms with E-state index in [-0.39, 0.29) is 5.54 Å². The van der Waals surface area contributed by atoms with Gasteiger partial charge in [-0.15, -0.1) is 0 Å². The van der Waals surface area contributed by atoms with E-state index in [1.54, 1.807) is 0 Å². The summed E-state index contributed by atoms with van der Waals surface area (Å²) in [5, 5.41) is 4.34. The van der Waals surface area contributed by atoms with Gasteiger partial charge in [0, 0.05) is 18.3 Å². The van der Waals surface area contributed by atoms with E-state index in [1.807, 2.05) is 10.9 Å². The van der Waals surface area contributed by atoms with Crippen molar-refractivity contribution in [3.8, 4) is 0 Å². The minimum absolute atomic E-state index is 0.00854. The van der Waals surface area contributed by atoms with Crippen LogP contribution in [0, 0.1) is 5.92 Å². The largest absolute Gasteiger partial charge is 0.325 e. The number of hydrogen-bond donors (Lipinski definition) is 1. The van der Waals surface area contributed by atoms with E-state index in [1.165, 1.54) is 37.7 Å². The highest BCUT2D eigenvalue weighted by molar-refractivity contribution is 5.11. The van der Waals surface area contributed by atoms with Crippen molar-refractivity contribution in [3.63, 3.8) is 0 Å². The van der Waals surface area contributed by atoms with E-state index in [4.69, 9.17) is 5.73 Å². The van der Waals surface area contributed by atoms with E-state index in [9.17, 15) is 0 Å². The highest BCUT2D eigenvalue weighted by Crippen LogP contribution is 2.36. The van der Waals surface area contributed by atoms with Crippen molar-refractivity contribution in [3.05, 3.63) is 18.0 Å². The molecule has 1 aromatic rings. The van der Waals surface area contributed by atoms with Crippen LogP contribution in [0.2, 0.25) is 0 Å². The molecule has 0 amide bonds. The number of aromatic nitrogens is 2. The van der Waals surface area contributed by atoms with Crippen LogP contribution in [-0.2, 0) is 13.0 Å². The maximum absolute atomic E-state index is 6.66. The Morgan fingerprint density at radius 3 is 2.94 bits per heavy atom. The summed E-state index contributed by atoms with van der Waals surface area (Å²) >= 11 is 0. The van der Waals surface area contributed by atoms with E-state index < -0.39 is 0 Å². The third-order valence-corrected chi connectivity index (χ3v) is 4.29. The van der Waals surface area contributed by atoms with Crippen molar-refractivity contribution in [2.24, 2.45) is 11.7 Å². The smallest absolute Gasteiger partial charge is 0.0522 e. The Hall–Kier alpha value is -0.830. The second-order valence-corrected chi connectivity index (χ2v) is 5.47. The highest BCUT2D eigenvalue weighted by atomic mass is 15.3. The summed E-state index contributed by atoms with van der Waals surface area (Å²) in [6.45, 7) is 5.33. The van der Waals surface area contributed by atoms with Gasteiger partial charge in [-0.2, -0.15) is 5.10 Å². The van der Waals surface area contributed by atoms with E-state index in [0.717, 1.165) is 13.0 Å². The minimum atomic E-state index is 0.00854. The van der Waals surface area contributed by atoms with Crippen LogP contribution < -0.4 is 5.73 Å². The molecule has 2 rings (SSSR count). The molecule has 1 saturated carbocycles. The topological polar surface area (TPSA) is 43.8 Å². The zero-order valence-electron chi connectivity index (χ0n) is 11.2. The molecule has 1 aliphatic rings. The first-order valence-corrected chi connectivity index (χ1v) is 6.98. The molecule has 17 heavy (non-hydrogen) atoms. The zero-order chi connectivity index (χ0) is 12.3. The molecule has 1 heterocycles. The van der Waals surface area contributed by atoms with Gasteiger partial charge >= 0.3 is 0 Å². The fourth-order valence-electron chi connectivity index (χ4n) is 3.23. The SMILES string of the molecule is CCC1CCCCC1(N)Cc1cnn(CC)c1. The maximum atomic E-state index is 6.66. The predicted molar refractivity (Wildman–Crippen MR) is 70.8 cm³/mol. The third-order valence-electron chi connectivity index (χ3n) is 4.29. The molecule has 96 valence electrons. The van der Waals surface area contributed by atoms with Crippen LogP contribution >= 0.6 is 0 Å². The minimum Gasteiger partial charge on any atom is -0.325 e. The standard InChI is InChI=1S/C14H25N3/c1-3-13-7-5-6-8-14(13,15)9-12-10-16-17(4-2)11-12/h10-11,13H,3-9,15H2,1-2H3. The average Bonchev–Trinajstić information content (AvgIpc) is 2.76. The van der Waals surface area contributed by atoms with Crippen molar-refractivity contribution in [1.29, 1.82) is 0 Å². The van der Waals surface area contributed by atoms with Crippen molar-refractivity contribution >= 4 is 0 Å². The van der Waals surface area contributed by atoms with Crippen LogP contribution in [0.3, 0.4) is 0 Å². The monoisotopic (exact) mass is 235 g/mol. The lowest BCUT2D eigenvalue weighted by Crippen LogP contribution is -2.50. The van der Waals surface area contributed by atoms with Gasteiger partial charge in [0.1, 0.15) is 0 Å². The molecule has 0 spiro atoms. The first-order valence-electron chi connectivity index (χ1n) is 6.98. The molecule has 0 saturated heterocycles. The normalized spacial score (nSPS) is 29.5. The van der Waals surface area contributed by atoms with Gasteiger partial charge in [-0.05, 0) is 37.7 Å². The molecule has 2 unspecified atom stereocenters. The van der Waals surface area contributed by atoms with Crippen LogP contribution in [0.1, 0.15) is 51.5 Å². The summed E-state index contributed by atoms with van der Waals surface area (Å²) in [5.74, 6) is 0.682. The molecule has 0 bridgehead atoms. The van der Waals surface area contributed by atoms with Gasteiger partial charge in [0.05, 0.1) is 6.20 Å². The van der Waals surface area contributed by atoms with E-state index in [0.29, 0.717) is 5.92 Å². The Balaban J connectivity index is 2.08. The van der Waals surface area contributed by atoms with Gasteiger partial charge in [0.2, 0.25) is 0 Å². The second-order valence-electron chi connectivity index (χ2n) is 5.47. The maximum Gasteiger partial charge on any atom is 0.0522 e. The molecule has 2 N–H and O–H groups in total. The van der Waals surface area contributed by atoms with Crippen LogP contribution in [0.15, 0.2) is 12.4 Å². The molecular formula is C14H25N3. The molecule has 0 aliphatic heterocycles. The molecule has 0 aromatic carbocycles. The quantitative estimate of drug-likeness (QED) is 0.872. The number of rotatable bonds is 4. The molecule has 3 nitrogen and oxygen atoms in total. The van der Waals surface area contributed by atoms with Crippen LogP contribution in [-0.4, -0.2) is 15.3 Å². The predicted octanol–water partition coefficient (Wildman–Crippen LogP) is 2.74. The Morgan fingerprint density at radius 1 is 1.47 bits per heavy atom. The molecule has 1 aromatic heterocycles. The van der Waals surface area contributed by atoms with Crippen molar-refractivity contribution < 1.29 is 0 Å². The van der Waals surface area contributed by atoms with Crippen LogP contribution in [0.25, 0.3) is 0 Å². The fraction of sp³-hybridized carbons (Fsp3) is 0.786. The summed E-state index contributed by atoms with van der Waals surface area (Å²) in [6.07, 6.45) is 11.4. The van der Waals surface area contributed by atoms with Gasteiger partial charge in [-0.3, -0.25) is 4.68 Å². The molecular weight excluding hydrogens is 210 g/mol. The number of aryl methyl sites for hydroxylation is 1. The zero-order valence-corrected chi connectivity index (χ0v) is 11.2. The summed E-state index contributed by atoms with van der Waals surface area (Å²) < 4.78 is 1.99. The first-order chi connectivity index (χ1) is 8.18. The lowest BCUT2D eigenvalue weighted by molar-refractivity contribution is 0.182. The Kier molecular flexibility index (Phi) is 3.87. The third kappa shape index (κ3) is 2.71. The Morgan fingerprint density at radius 2 is 2.29 bits per heavy atom. The Bertz CT molecular complexity index is 358. The molecule has 1 fully saturated rings. The second kappa shape index (κ2) is 5.21. The number of hydrogen-bond acceptors (Lipinski definition) is 2. The van der Waals surface area contributed by atoms with Crippen molar-refractivity contribution in [2.45, 2.75) is 64.5 Å². The van der Waals surface area contributed by atoms with Crippen molar-refractivity contribution in [2.75, 3.05) is 0 Å². The molecule has 2 atom stereocenters. The summed E-state index contributed by atoms with van der Waals surface area (Å²) in [5.41, 5.74) is 7.97. The Labute approximate surface area is 104 Å². The average molecular weight is 235 g/mol. The summed E-state index contributed by atoms with van der Waals surface area (Å²) in [7, 11) is 0. The summed E-state index contributed by atoms with van der Waals surface area (Å²) in [4.78, 5) is 0. The fourth-order valence-corrected chi connectivity index (χ4v) is 3.23. The lowest BCUT2D eigenvalue weighted by Gasteiger charge is -2.41. The molecule has 1 aliphatic carbocycles. The number of nitrogens with zero attached hydrogens (tertiary/aromatic N) is 2. The van der Waals surface area contributed by atoms with Gasteiger partial charge in [-0.1, -0.05) is 26.2 Å². The highest BCUT2D eigenvalue weighted by Gasteiger charge is 2.36. The van der Waals surface area contributed by atoms with Gasteiger partial charge in [-0.25, -0.2) is 0 Å². The van der Waals surface area contributed by atoms with Crippen LogP contribution in [0.5, 0.6) is 0 Å². The lowest BCUT2D eigenvalue weighted by atomic mass is 9.69.